The van der Waals surface area contributed by atoms with Gasteiger partial charge in [-0.3, -0.25) is 0 Å². The third-order valence-corrected chi connectivity index (χ3v) is 3.79. The van der Waals surface area contributed by atoms with E-state index in [9.17, 15) is 0 Å². The molecular formula is C17H17N3. The van der Waals surface area contributed by atoms with E-state index in [1.54, 1.807) is 6.08 Å². The largest absolute Gasteiger partial charge is 0.366 e. The molecule has 0 atom stereocenters. The van der Waals surface area contributed by atoms with Gasteiger partial charge in [0.25, 0.3) is 0 Å². The maximum Gasteiger partial charge on any atom is 0.130 e. The summed E-state index contributed by atoms with van der Waals surface area (Å²) in [5, 5.41) is 17.7. The van der Waals surface area contributed by atoms with Crippen LogP contribution in [0.25, 0.3) is 11.6 Å². The Kier molecular flexibility index (Phi) is 3.38. The van der Waals surface area contributed by atoms with Gasteiger partial charge in [-0.1, -0.05) is 12.1 Å². The van der Waals surface area contributed by atoms with Gasteiger partial charge in [-0.2, -0.15) is 10.5 Å². The first-order chi connectivity index (χ1) is 9.39. The zero-order chi connectivity index (χ0) is 14.9. The molecule has 0 spiro atoms. The normalized spacial score (nSPS) is 15.5. The number of hydrogen-bond acceptors (Lipinski definition) is 3. The van der Waals surface area contributed by atoms with E-state index in [1.807, 2.05) is 30.3 Å². The molecule has 1 aromatic carbocycles. The number of nitriles is 2. The highest BCUT2D eigenvalue weighted by molar-refractivity contribution is 5.82. The van der Waals surface area contributed by atoms with Gasteiger partial charge in [0.05, 0.1) is 5.54 Å². The molecular weight excluding hydrogens is 246 g/mol. The van der Waals surface area contributed by atoms with Gasteiger partial charge in [0, 0.05) is 18.3 Å². The molecule has 0 fully saturated rings. The molecule has 1 aromatic rings. The molecule has 0 N–H and O–H groups in total. The molecule has 1 aliphatic heterocycles. The molecule has 100 valence electrons. The van der Waals surface area contributed by atoms with Crippen LogP contribution in [0.5, 0.6) is 0 Å². The number of fused-ring (bicyclic) bond motifs is 1. The van der Waals surface area contributed by atoms with Crippen LogP contribution < -0.4 is 4.90 Å². The summed E-state index contributed by atoms with van der Waals surface area (Å²) in [6.45, 7) is 6.45. The van der Waals surface area contributed by atoms with Crippen molar-refractivity contribution in [1.29, 1.82) is 10.5 Å². The van der Waals surface area contributed by atoms with E-state index in [4.69, 9.17) is 10.5 Å². The average Bonchev–Trinajstić information content (AvgIpc) is 2.42. The van der Waals surface area contributed by atoms with Gasteiger partial charge in [0.1, 0.15) is 17.7 Å². The minimum Gasteiger partial charge on any atom is -0.366 e. The number of rotatable bonds is 1. The van der Waals surface area contributed by atoms with Crippen LogP contribution >= 0.6 is 0 Å². The fourth-order valence-electron chi connectivity index (χ4n) is 2.52. The van der Waals surface area contributed by atoms with Crippen LogP contribution in [0.3, 0.4) is 0 Å². The Morgan fingerprint density at radius 1 is 1.25 bits per heavy atom. The standard InChI is InChI=1S/C17H17N3/c1-12-9-17(2,3)20(4)16-6-5-13(8-15(12)16)7-14(10-18)11-19/h5-9H,1-4H3. The van der Waals surface area contributed by atoms with Crippen molar-refractivity contribution in [2.45, 2.75) is 26.3 Å². The van der Waals surface area contributed by atoms with Gasteiger partial charge in [0.15, 0.2) is 0 Å². The van der Waals surface area contributed by atoms with E-state index in [2.05, 4.69) is 38.8 Å². The topological polar surface area (TPSA) is 50.8 Å². The number of anilines is 1. The van der Waals surface area contributed by atoms with Crippen molar-refractivity contribution < 1.29 is 0 Å². The summed E-state index contributed by atoms with van der Waals surface area (Å²) >= 11 is 0. The quantitative estimate of drug-likeness (QED) is 0.725. The van der Waals surface area contributed by atoms with E-state index < -0.39 is 0 Å². The minimum absolute atomic E-state index is 0.0150. The molecule has 2 rings (SSSR count). The number of benzene rings is 1. The highest BCUT2D eigenvalue weighted by atomic mass is 15.2. The first kappa shape index (κ1) is 13.9. The number of likely N-dealkylation sites (N-methyl/N-ethyl adjacent to an activating group) is 1. The molecule has 0 amide bonds. The van der Waals surface area contributed by atoms with E-state index in [-0.39, 0.29) is 11.1 Å². The van der Waals surface area contributed by atoms with Gasteiger partial charge < -0.3 is 4.90 Å². The Morgan fingerprint density at radius 3 is 2.50 bits per heavy atom. The van der Waals surface area contributed by atoms with Gasteiger partial charge in [-0.25, -0.2) is 0 Å². The summed E-state index contributed by atoms with van der Waals surface area (Å²) in [4.78, 5) is 2.23. The first-order valence-corrected chi connectivity index (χ1v) is 6.48. The van der Waals surface area contributed by atoms with Crippen LogP contribution in [-0.4, -0.2) is 12.6 Å². The van der Waals surface area contributed by atoms with Crippen molar-refractivity contribution in [3.63, 3.8) is 0 Å². The predicted molar refractivity (Wildman–Crippen MR) is 81.8 cm³/mol. The van der Waals surface area contributed by atoms with Crippen LogP contribution in [0.15, 0.2) is 29.8 Å². The Balaban J connectivity index is 2.55. The number of nitrogens with zero attached hydrogens (tertiary/aromatic N) is 3. The van der Waals surface area contributed by atoms with Gasteiger partial charge in [0.2, 0.25) is 0 Å². The fraction of sp³-hybridized carbons (Fsp3) is 0.294. The summed E-state index contributed by atoms with van der Waals surface area (Å²) in [5.41, 5.74) is 4.52. The summed E-state index contributed by atoms with van der Waals surface area (Å²) in [7, 11) is 2.08. The summed E-state index contributed by atoms with van der Waals surface area (Å²) in [6, 6.07) is 9.80. The monoisotopic (exact) mass is 263 g/mol. The third kappa shape index (κ3) is 2.31. The molecule has 3 nitrogen and oxygen atoms in total. The van der Waals surface area contributed by atoms with Crippen molar-refractivity contribution >= 4 is 17.3 Å². The molecule has 3 heteroatoms. The summed E-state index contributed by atoms with van der Waals surface area (Å²) in [6.07, 6.45) is 3.85. The highest BCUT2D eigenvalue weighted by Gasteiger charge is 2.28. The van der Waals surface area contributed by atoms with Crippen LogP contribution in [0.2, 0.25) is 0 Å². The number of allylic oxidation sites excluding steroid dienone is 2. The van der Waals surface area contributed by atoms with E-state index in [0.29, 0.717) is 0 Å². The highest BCUT2D eigenvalue weighted by Crippen LogP contribution is 2.38. The Morgan fingerprint density at radius 2 is 1.90 bits per heavy atom. The summed E-state index contributed by atoms with van der Waals surface area (Å²) < 4.78 is 0. The van der Waals surface area contributed by atoms with Gasteiger partial charge in [-0.05, 0) is 50.1 Å². The van der Waals surface area contributed by atoms with Crippen molar-refractivity contribution in [2.24, 2.45) is 0 Å². The molecule has 0 bridgehead atoms. The lowest BCUT2D eigenvalue weighted by Crippen LogP contribution is -2.42. The molecule has 0 saturated heterocycles. The maximum absolute atomic E-state index is 8.83. The lowest BCUT2D eigenvalue weighted by Gasteiger charge is -2.40. The summed E-state index contributed by atoms with van der Waals surface area (Å²) in [5.74, 6) is 0. The lowest BCUT2D eigenvalue weighted by molar-refractivity contribution is 0.598. The Labute approximate surface area is 120 Å². The van der Waals surface area contributed by atoms with Crippen LogP contribution in [0.1, 0.15) is 31.9 Å². The second-order valence-electron chi connectivity index (χ2n) is 5.60. The predicted octanol–water partition coefficient (Wildman–Crippen LogP) is 3.75. The van der Waals surface area contributed by atoms with Gasteiger partial charge >= 0.3 is 0 Å². The molecule has 20 heavy (non-hydrogen) atoms. The molecule has 0 radical (unpaired) electrons. The van der Waals surface area contributed by atoms with E-state index >= 15 is 0 Å². The molecule has 1 aliphatic rings. The third-order valence-electron chi connectivity index (χ3n) is 3.79. The van der Waals surface area contributed by atoms with Crippen LogP contribution in [0.4, 0.5) is 5.69 Å². The second kappa shape index (κ2) is 4.87. The van der Waals surface area contributed by atoms with Crippen molar-refractivity contribution in [1.82, 2.24) is 0 Å². The van der Waals surface area contributed by atoms with Crippen molar-refractivity contribution in [3.05, 3.63) is 41.0 Å². The maximum atomic E-state index is 8.83. The SMILES string of the molecule is CC1=CC(C)(C)N(C)c2ccc(C=C(C#N)C#N)cc21. The van der Waals surface area contributed by atoms with Crippen molar-refractivity contribution in [2.75, 3.05) is 11.9 Å². The van der Waals surface area contributed by atoms with Gasteiger partial charge in [-0.15, -0.1) is 0 Å². The zero-order valence-electron chi connectivity index (χ0n) is 12.2. The zero-order valence-corrected chi connectivity index (χ0v) is 12.2. The second-order valence-corrected chi connectivity index (χ2v) is 5.60. The lowest BCUT2D eigenvalue weighted by atomic mass is 9.88. The van der Waals surface area contributed by atoms with Crippen molar-refractivity contribution in [3.8, 4) is 12.1 Å². The Bertz CT molecular complexity index is 678. The molecule has 0 unspecified atom stereocenters. The molecule has 0 saturated carbocycles. The smallest absolute Gasteiger partial charge is 0.130 e. The van der Waals surface area contributed by atoms with Crippen LogP contribution in [0, 0.1) is 22.7 Å². The average molecular weight is 263 g/mol. The van der Waals surface area contributed by atoms with Crippen LogP contribution in [-0.2, 0) is 0 Å². The fourth-order valence-corrected chi connectivity index (χ4v) is 2.52. The number of hydrogen-bond donors (Lipinski definition) is 0. The van der Waals surface area contributed by atoms with E-state index in [0.717, 1.165) is 11.1 Å². The molecule has 1 heterocycles. The first-order valence-electron chi connectivity index (χ1n) is 6.48. The minimum atomic E-state index is -0.0150. The Hall–Kier alpha value is -2.52. The molecule has 0 aliphatic carbocycles. The van der Waals surface area contributed by atoms with E-state index in [1.165, 1.54) is 11.3 Å². The molecule has 0 aromatic heterocycles.